The second-order valence-electron chi connectivity index (χ2n) is 4.51. The monoisotopic (exact) mass is 368 g/mol. The number of carbonyl (C=O) groups is 1. The number of rotatable bonds is 5. The second kappa shape index (κ2) is 7.04. The topological polar surface area (TPSA) is 51.2 Å². The highest BCUT2D eigenvalue weighted by molar-refractivity contribution is 9.10. The van der Waals surface area contributed by atoms with E-state index in [9.17, 15) is 4.79 Å². The summed E-state index contributed by atoms with van der Waals surface area (Å²) < 4.78 is 5.82. The van der Waals surface area contributed by atoms with E-state index in [1.165, 1.54) is 4.88 Å². The van der Waals surface area contributed by atoms with Gasteiger partial charge in [0.05, 0.1) is 29.4 Å². The number of nitrogens with one attached hydrogen (secondary N) is 1. The van der Waals surface area contributed by atoms with Crippen LogP contribution in [0.15, 0.2) is 22.7 Å². The van der Waals surface area contributed by atoms with Crippen molar-refractivity contribution < 1.29 is 9.53 Å². The Bertz CT molecular complexity index is 655. The Morgan fingerprint density at radius 2 is 2.19 bits per heavy atom. The van der Waals surface area contributed by atoms with Gasteiger partial charge in [-0.1, -0.05) is 0 Å². The first kappa shape index (κ1) is 16.0. The molecule has 6 heteroatoms. The molecule has 0 atom stereocenters. The Hall–Kier alpha value is -1.40. The molecule has 2 rings (SSSR count). The molecule has 21 heavy (non-hydrogen) atoms. The average Bonchev–Trinajstić information content (AvgIpc) is 2.76. The van der Waals surface area contributed by atoms with Gasteiger partial charge in [0.25, 0.3) is 0 Å². The zero-order valence-corrected chi connectivity index (χ0v) is 14.6. The molecule has 0 fully saturated rings. The Labute approximate surface area is 136 Å². The number of benzene rings is 1. The van der Waals surface area contributed by atoms with Gasteiger partial charge in [-0.15, -0.1) is 11.3 Å². The molecule has 0 saturated heterocycles. The van der Waals surface area contributed by atoms with Crippen molar-refractivity contribution in [3.05, 3.63) is 43.8 Å². The zero-order valence-electron chi connectivity index (χ0n) is 12.2. The first-order chi connectivity index (χ1) is 10.0. The molecular weight excluding hydrogens is 352 g/mol. The number of nitrogens with zero attached hydrogens (tertiary/aromatic N) is 1. The van der Waals surface area contributed by atoms with Gasteiger partial charge in [0.2, 0.25) is 0 Å². The molecule has 0 aliphatic heterocycles. The van der Waals surface area contributed by atoms with Gasteiger partial charge in [0, 0.05) is 15.0 Å². The third kappa shape index (κ3) is 4.04. The number of anilines is 1. The Kier molecular flexibility index (Phi) is 5.36. The van der Waals surface area contributed by atoms with E-state index in [4.69, 9.17) is 4.74 Å². The lowest BCUT2D eigenvalue weighted by Crippen LogP contribution is -2.05. The van der Waals surface area contributed by atoms with Gasteiger partial charge in [-0.05, 0) is 54.9 Å². The van der Waals surface area contributed by atoms with Crippen molar-refractivity contribution in [2.45, 2.75) is 27.3 Å². The number of esters is 1. The number of aryl methyl sites for hydroxylation is 2. The quantitative estimate of drug-likeness (QED) is 0.798. The normalized spacial score (nSPS) is 10.5. The molecule has 2 aromatic rings. The molecule has 0 unspecified atom stereocenters. The fourth-order valence-corrected chi connectivity index (χ4v) is 3.31. The number of halogens is 1. The first-order valence-corrected chi connectivity index (χ1v) is 8.25. The van der Waals surface area contributed by atoms with E-state index in [-0.39, 0.29) is 5.97 Å². The zero-order chi connectivity index (χ0) is 15.4. The molecule has 0 radical (unpaired) electrons. The molecule has 4 nitrogen and oxygen atoms in total. The van der Waals surface area contributed by atoms with Crippen molar-refractivity contribution in [2.24, 2.45) is 0 Å². The largest absolute Gasteiger partial charge is 0.462 e. The molecule has 112 valence electrons. The molecule has 0 aliphatic carbocycles. The highest BCUT2D eigenvalue weighted by Crippen LogP contribution is 2.26. The summed E-state index contributed by atoms with van der Waals surface area (Å²) in [5.74, 6) is -0.307. The number of ether oxygens (including phenoxy) is 1. The number of aromatic nitrogens is 1. The lowest BCUT2D eigenvalue weighted by Gasteiger charge is -2.09. The summed E-state index contributed by atoms with van der Waals surface area (Å²) >= 11 is 5.17. The maximum absolute atomic E-state index is 11.7. The van der Waals surface area contributed by atoms with Crippen molar-refractivity contribution in [1.82, 2.24) is 4.98 Å². The fraction of sp³-hybridized carbons (Fsp3) is 0.333. The molecule has 1 N–H and O–H groups in total. The molecule has 1 heterocycles. The van der Waals surface area contributed by atoms with Gasteiger partial charge in [0.1, 0.15) is 0 Å². The van der Waals surface area contributed by atoms with Gasteiger partial charge < -0.3 is 10.1 Å². The summed E-state index contributed by atoms with van der Waals surface area (Å²) in [5.41, 5.74) is 2.54. The summed E-state index contributed by atoms with van der Waals surface area (Å²) in [5, 5.41) is 4.42. The lowest BCUT2D eigenvalue weighted by molar-refractivity contribution is 0.0526. The van der Waals surface area contributed by atoms with Gasteiger partial charge >= 0.3 is 5.97 Å². The fourth-order valence-electron chi connectivity index (χ4n) is 1.91. The van der Waals surface area contributed by atoms with Crippen LogP contribution in [0.4, 0.5) is 5.69 Å². The van der Waals surface area contributed by atoms with E-state index in [1.807, 2.05) is 19.9 Å². The van der Waals surface area contributed by atoms with E-state index >= 15 is 0 Å². The minimum absolute atomic E-state index is 0.307. The van der Waals surface area contributed by atoms with Gasteiger partial charge in [-0.2, -0.15) is 0 Å². The Morgan fingerprint density at radius 1 is 1.43 bits per heavy atom. The van der Waals surface area contributed by atoms with Crippen LogP contribution in [0.25, 0.3) is 0 Å². The maximum Gasteiger partial charge on any atom is 0.338 e. The van der Waals surface area contributed by atoms with E-state index in [0.29, 0.717) is 18.7 Å². The summed E-state index contributed by atoms with van der Waals surface area (Å²) in [6.07, 6.45) is 0. The number of thiazole rings is 1. The van der Waals surface area contributed by atoms with Crippen LogP contribution in [0.1, 0.15) is 32.9 Å². The van der Waals surface area contributed by atoms with Crippen molar-refractivity contribution in [2.75, 3.05) is 11.9 Å². The highest BCUT2D eigenvalue weighted by atomic mass is 79.9. The Balaban J connectivity index is 2.07. The third-order valence-corrected chi connectivity index (χ3v) is 4.65. The predicted molar refractivity (Wildman–Crippen MR) is 89.0 cm³/mol. The smallest absolute Gasteiger partial charge is 0.338 e. The van der Waals surface area contributed by atoms with Crippen LogP contribution in [-0.4, -0.2) is 17.6 Å². The van der Waals surface area contributed by atoms with Crippen LogP contribution in [0.3, 0.4) is 0 Å². The molecule has 0 spiro atoms. The second-order valence-corrected chi connectivity index (χ2v) is 6.65. The minimum Gasteiger partial charge on any atom is -0.462 e. The Morgan fingerprint density at radius 3 is 2.76 bits per heavy atom. The van der Waals surface area contributed by atoms with Gasteiger partial charge in [-0.3, -0.25) is 0 Å². The number of carbonyl (C=O) groups excluding carboxylic acids is 1. The number of hydrogen-bond acceptors (Lipinski definition) is 5. The van der Waals surface area contributed by atoms with Crippen LogP contribution in [-0.2, 0) is 11.3 Å². The first-order valence-electron chi connectivity index (χ1n) is 6.64. The summed E-state index contributed by atoms with van der Waals surface area (Å²) in [7, 11) is 0. The minimum atomic E-state index is -0.307. The predicted octanol–water partition coefficient (Wildman–Crippen LogP) is 4.31. The van der Waals surface area contributed by atoms with Crippen molar-refractivity contribution in [1.29, 1.82) is 0 Å². The summed E-state index contributed by atoms with van der Waals surface area (Å²) in [4.78, 5) is 17.3. The van der Waals surface area contributed by atoms with E-state index in [1.54, 1.807) is 30.4 Å². The molecular formula is C15H17BrN2O2S. The standard InChI is InChI=1S/C15H17BrN2O2S/c1-4-20-15(19)11-5-6-13(12(16)7-11)17-8-14-9(2)18-10(3)21-14/h5-7,17H,4,8H2,1-3H3. The SMILES string of the molecule is CCOC(=O)c1ccc(NCc2sc(C)nc2C)c(Br)c1. The highest BCUT2D eigenvalue weighted by Gasteiger charge is 2.10. The van der Waals surface area contributed by atoms with Gasteiger partial charge in [0.15, 0.2) is 0 Å². The van der Waals surface area contributed by atoms with Crippen molar-refractivity contribution in [3.63, 3.8) is 0 Å². The third-order valence-electron chi connectivity index (χ3n) is 2.92. The summed E-state index contributed by atoms with van der Waals surface area (Å²) in [6.45, 7) is 6.90. The number of hydrogen-bond donors (Lipinski definition) is 1. The van der Waals surface area contributed by atoms with Crippen LogP contribution >= 0.6 is 27.3 Å². The van der Waals surface area contributed by atoms with Crippen LogP contribution in [0, 0.1) is 13.8 Å². The molecule has 0 saturated carbocycles. The molecule has 0 amide bonds. The van der Waals surface area contributed by atoms with Crippen LogP contribution in [0.5, 0.6) is 0 Å². The average molecular weight is 369 g/mol. The molecule has 0 bridgehead atoms. The van der Waals surface area contributed by atoms with E-state index in [2.05, 4.69) is 26.2 Å². The van der Waals surface area contributed by atoms with E-state index < -0.39 is 0 Å². The molecule has 1 aromatic heterocycles. The van der Waals surface area contributed by atoms with Gasteiger partial charge in [-0.25, -0.2) is 9.78 Å². The van der Waals surface area contributed by atoms with Crippen molar-refractivity contribution >= 4 is 38.9 Å². The van der Waals surface area contributed by atoms with Crippen LogP contribution < -0.4 is 5.32 Å². The van der Waals surface area contributed by atoms with Crippen LogP contribution in [0.2, 0.25) is 0 Å². The summed E-state index contributed by atoms with van der Waals surface area (Å²) in [6, 6.07) is 5.40. The molecule has 0 aliphatic rings. The maximum atomic E-state index is 11.7. The molecule has 1 aromatic carbocycles. The lowest BCUT2D eigenvalue weighted by atomic mass is 10.2. The van der Waals surface area contributed by atoms with E-state index in [0.717, 1.165) is 20.9 Å². The van der Waals surface area contributed by atoms with Crippen molar-refractivity contribution in [3.8, 4) is 0 Å².